The van der Waals surface area contributed by atoms with Crippen molar-refractivity contribution in [3.63, 3.8) is 0 Å². The molecule has 0 aromatic rings. The number of hydrazone groups is 1. The molecule has 80 valence electrons. The fourth-order valence-electron chi connectivity index (χ4n) is 2.70. The molecule has 0 aromatic heterocycles. The Balaban J connectivity index is 2.04. The van der Waals surface area contributed by atoms with Gasteiger partial charge in [-0.15, -0.1) is 0 Å². The van der Waals surface area contributed by atoms with Crippen LogP contribution in [0.3, 0.4) is 0 Å². The van der Waals surface area contributed by atoms with Gasteiger partial charge in [-0.2, -0.15) is 0 Å². The summed E-state index contributed by atoms with van der Waals surface area (Å²) in [6, 6.07) is 0. The molecule has 0 aliphatic carbocycles. The van der Waals surface area contributed by atoms with Crippen LogP contribution in [-0.2, 0) is 4.74 Å². The van der Waals surface area contributed by atoms with E-state index in [0.29, 0.717) is 6.61 Å². The van der Waals surface area contributed by atoms with Crippen LogP contribution in [0.4, 0.5) is 0 Å². The second-order valence-electron chi connectivity index (χ2n) is 4.36. The third-order valence-electron chi connectivity index (χ3n) is 3.43. The van der Waals surface area contributed by atoms with Crippen molar-refractivity contribution in [1.29, 1.82) is 0 Å². The molecule has 0 atom stereocenters. The van der Waals surface area contributed by atoms with Crippen LogP contribution in [0.1, 0.15) is 19.8 Å². The maximum atomic E-state index is 6.02. The number of fused-ring (bicyclic) bond motifs is 2. The number of nitrogens with one attached hydrogen (secondary N) is 1. The highest BCUT2D eigenvalue weighted by molar-refractivity contribution is 5.80. The van der Waals surface area contributed by atoms with Gasteiger partial charge in [-0.25, -0.2) is 0 Å². The molecule has 0 aromatic carbocycles. The summed E-state index contributed by atoms with van der Waals surface area (Å²) < 4.78 is 8.02. The third-order valence-corrected chi connectivity index (χ3v) is 3.43. The van der Waals surface area contributed by atoms with Gasteiger partial charge in [-0.05, 0) is 38.0 Å². The highest BCUT2D eigenvalue weighted by Gasteiger charge is 2.49. The lowest BCUT2D eigenvalue weighted by Gasteiger charge is -2.36. The summed E-state index contributed by atoms with van der Waals surface area (Å²) in [5, 5.41) is 7.75. The second kappa shape index (κ2) is 3.25. The predicted molar refractivity (Wildman–Crippen MR) is 58.3 cm³/mol. The lowest BCUT2D eigenvalue weighted by molar-refractivity contribution is -0.502. The summed E-state index contributed by atoms with van der Waals surface area (Å²) in [6.45, 7) is 4.86. The van der Waals surface area contributed by atoms with E-state index in [-0.39, 0.29) is 5.60 Å². The minimum atomic E-state index is -0.0828. The van der Waals surface area contributed by atoms with Gasteiger partial charge in [-0.3, -0.25) is 0 Å². The summed E-state index contributed by atoms with van der Waals surface area (Å²) in [4.78, 5) is 0. The molecular weight excluding hydrogens is 190 g/mol. The lowest BCUT2D eigenvalue weighted by Crippen LogP contribution is -2.50. The van der Waals surface area contributed by atoms with Crippen LogP contribution in [0.5, 0.6) is 0 Å². The van der Waals surface area contributed by atoms with Crippen molar-refractivity contribution in [2.75, 3.05) is 19.7 Å². The number of piperidine rings is 1. The molecule has 0 unspecified atom stereocenters. The smallest absolute Gasteiger partial charge is 0.250 e. The summed E-state index contributed by atoms with van der Waals surface area (Å²) in [7, 11) is 0. The fraction of sp³-hybridized carbons (Fsp3) is 0.636. The lowest BCUT2D eigenvalue weighted by atomic mass is 9.86. The van der Waals surface area contributed by atoms with Crippen molar-refractivity contribution < 1.29 is 9.42 Å². The Labute approximate surface area is 89.3 Å². The quantitative estimate of drug-likeness (QED) is 0.586. The van der Waals surface area contributed by atoms with E-state index in [2.05, 4.69) is 17.3 Å². The Morgan fingerprint density at radius 3 is 3.07 bits per heavy atom. The molecule has 15 heavy (non-hydrogen) atoms. The Bertz CT molecular complexity index is 375. The minimum Gasteiger partial charge on any atom is -0.353 e. The molecule has 1 spiro atoms. The van der Waals surface area contributed by atoms with Gasteiger partial charge in [0.25, 0.3) is 5.70 Å². The van der Waals surface area contributed by atoms with E-state index < -0.39 is 0 Å². The molecule has 3 aliphatic rings. The van der Waals surface area contributed by atoms with Gasteiger partial charge in [-0.1, -0.05) is 4.68 Å². The Hall–Kier alpha value is -1.00. The molecule has 3 aliphatic heterocycles. The summed E-state index contributed by atoms with van der Waals surface area (Å²) in [5.41, 5.74) is 2.42. The molecule has 0 radical (unpaired) electrons. The van der Waals surface area contributed by atoms with Crippen LogP contribution in [0, 0.1) is 0 Å². The van der Waals surface area contributed by atoms with Crippen LogP contribution >= 0.6 is 0 Å². The van der Waals surface area contributed by atoms with E-state index in [1.165, 1.54) is 11.3 Å². The highest BCUT2D eigenvalue weighted by Crippen LogP contribution is 2.36. The van der Waals surface area contributed by atoms with E-state index >= 15 is 0 Å². The standard InChI is InChI=1S/C11H16N3O/c1-9-8-13-14-6-7-15-11(10(9)14)2-4-12-5-3-11/h6,8,12H,2-5,7H2,1H3/q+1. The van der Waals surface area contributed by atoms with Gasteiger partial charge >= 0.3 is 0 Å². The number of hydrogen-bond donors (Lipinski definition) is 1. The largest absolute Gasteiger partial charge is 0.353 e. The number of ether oxygens (including phenoxy) is 1. The average molecular weight is 206 g/mol. The van der Waals surface area contributed by atoms with E-state index in [1.54, 1.807) is 0 Å². The molecule has 3 rings (SSSR count). The average Bonchev–Trinajstić information content (AvgIpc) is 2.63. The first-order valence-corrected chi connectivity index (χ1v) is 5.54. The van der Waals surface area contributed by atoms with E-state index in [4.69, 9.17) is 4.74 Å². The predicted octanol–water partition coefficient (Wildman–Crippen LogP) is 0.495. The van der Waals surface area contributed by atoms with E-state index in [0.717, 1.165) is 25.9 Å². The number of nitrogens with zero attached hydrogens (tertiary/aromatic N) is 2. The topological polar surface area (TPSA) is 36.6 Å². The van der Waals surface area contributed by atoms with Gasteiger partial charge in [0, 0.05) is 5.57 Å². The van der Waals surface area contributed by atoms with Crippen molar-refractivity contribution in [3.8, 4) is 0 Å². The summed E-state index contributed by atoms with van der Waals surface area (Å²) in [5.74, 6) is 0. The van der Waals surface area contributed by atoms with Crippen molar-refractivity contribution in [1.82, 2.24) is 5.32 Å². The molecular formula is C11H16N3O+. The highest BCUT2D eigenvalue weighted by atomic mass is 16.5. The first-order valence-electron chi connectivity index (χ1n) is 5.54. The van der Waals surface area contributed by atoms with Crippen LogP contribution in [0.2, 0.25) is 0 Å². The Kier molecular flexibility index (Phi) is 2.00. The Morgan fingerprint density at radius 1 is 1.47 bits per heavy atom. The van der Waals surface area contributed by atoms with Crippen molar-refractivity contribution in [2.45, 2.75) is 25.4 Å². The maximum Gasteiger partial charge on any atom is 0.250 e. The van der Waals surface area contributed by atoms with Crippen molar-refractivity contribution in [2.24, 2.45) is 5.10 Å². The van der Waals surface area contributed by atoms with Gasteiger partial charge in [0.15, 0.2) is 5.60 Å². The molecule has 1 N–H and O–H groups in total. The van der Waals surface area contributed by atoms with Gasteiger partial charge in [0.2, 0.25) is 6.21 Å². The zero-order chi connectivity index (χ0) is 10.3. The molecule has 1 saturated heterocycles. The number of rotatable bonds is 0. The molecule has 1 fully saturated rings. The number of allylic oxidation sites excluding steroid dienone is 1. The van der Waals surface area contributed by atoms with Crippen molar-refractivity contribution in [3.05, 3.63) is 11.3 Å². The second-order valence-corrected chi connectivity index (χ2v) is 4.36. The summed E-state index contributed by atoms with van der Waals surface area (Å²) in [6.07, 6.45) is 6.04. The SMILES string of the molecule is CC1=C2[N+](=CCOC23CCNCC3)N=C1. The monoisotopic (exact) mass is 206 g/mol. The molecule has 3 heterocycles. The van der Waals surface area contributed by atoms with E-state index in [9.17, 15) is 0 Å². The molecule has 4 nitrogen and oxygen atoms in total. The van der Waals surface area contributed by atoms with Crippen LogP contribution in [0.25, 0.3) is 0 Å². The van der Waals surface area contributed by atoms with Crippen LogP contribution in [-0.4, -0.2) is 42.4 Å². The maximum absolute atomic E-state index is 6.02. The molecule has 0 saturated carbocycles. The van der Waals surface area contributed by atoms with Gasteiger partial charge in [0.1, 0.15) is 12.8 Å². The molecule has 4 heteroatoms. The van der Waals surface area contributed by atoms with Gasteiger partial charge < -0.3 is 10.1 Å². The van der Waals surface area contributed by atoms with Crippen LogP contribution < -0.4 is 5.32 Å². The fourth-order valence-corrected chi connectivity index (χ4v) is 2.70. The van der Waals surface area contributed by atoms with Crippen LogP contribution in [0.15, 0.2) is 16.4 Å². The number of hydrogen-bond acceptors (Lipinski definition) is 3. The zero-order valence-electron chi connectivity index (χ0n) is 8.99. The normalized spacial score (nSPS) is 28.2. The zero-order valence-corrected chi connectivity index (χ0v) is 8.99. The Morgan fingerprint density at radius 2 is 2.27 bits per heavy atom. The van der Waals surface area contributed by atoms with Gasteiger partial charge in [0.05, 0.1) is 0 Å². The molecule has 0 amide bonds. The first kappa shape index (κ1) is 9.24. The first-order chi connectivity index (χ1) is 7.32. The van der Waals surface area contributed by atoms with Crippen molar-refractivity contribution >= 4 is 12.4 Å². The third kappa shape index (κ3) is 1.28. The van der Waals surface area contributed by atoms with E-state index in [1.807, 2.05) is 17.1 Å². The summed E-state index contributed by atoms with van der Waals surface area (Å²) >= 11 is 0. The molecule has 0 bridgehead atoms. The minimum absolute atomic E-state index is 0.0828.